The summed E-state index contributed by atoms with van der Waals surface area (Å²) in [5.41, 5.74) is 0. The van der Waals surface area contributed by atoms with Crippen LogP contribution in [0.4, 0.5) is 0 Å². The summed E-state index contributed by atoms with van der Waals surface area (Å²) in [6.45, 7) is 2.17. The summed E-state index contributed by atoms with van der Waals surface area (Å²) in [6, 6.07) is 0. The summed E-state index contributed by atoms with van der Waals surface area (Å²) in [6.07, 6.45) is 10.0. The number of unbranched alkanes of at least 4 members (excludes halogenated alkanes) is 10. The van der Waals surface area contributed by atoms with Gasteiger partial charge in [0, 0.05) is 6.42 Å². The van der Waals surface area contributed by atoms with Crippen molar-refractivity contribution in [1.82, 2.24) is 0 Å². The second-order valence-electron chi connectivity index (χ2n) is 7.08. The Labute approximate surface area is 154 Å². The molecular weight excluding hydrogens is 348 g/mol. The Morgan fingerprint density at radius 1 is 0.462 bits per heavy atom. The van der Waals surface area contributed by atoms with Gasteiger partial charge in [0.05, 0.1) is 0 Å². The smallest absolute Gasteiger partial charge is 0.338 e. The van der Waals surface area contributed by atoms with Gasteiger partial charge in [0.25, 0.3) is 5.79 Å². The third-order valence-electron chi connectivity index (χ3n) is 4.64. The van der Waals surface area contributed by atoms with Crippen molar-refractivity contribution in [3.63, 3.8) is 0 Å². The summed E-state index contributed by atoms with van der Waals surface area (Å²) < 4.78 is 0. The largest absolute Gasteiger partial charge is 0.361 e. The average molecular weight is 384 g/mol. The van der Waals surface area contributed by atoms with E-state index in [1.807, 2.05) is 0 Å². The van der Waals surface area contributed by atoms with Gasteiger partial charge in [-0.15, -0.1) is 0 Å². The van der Waals surface area contributed by atoms with Crippen LogP contribution in [0.1, 0.15) is 84.0 Å². The van der Waals surface area contributed by atoms with Crippen LogP contribution in [0.25, 0.3) is 0 Å². The van der Waals surface area contributed by atoms with Gasteiger partial charge >= 0.3 is 11.8 Å². The van der Waals surface area contributed by atoms with Crippen molar-refractivity contribution >= 4 is 0 Å². The van der Waals surface area contributed by atoms with Gasteiger partial charge < -0.3 is 46.0 Å². The van der Waals surface area contributed by atoms with Crippen molar-refractivity contribution in [3.8, 4) is 0 Å². The van der Waals surface area contributed by atoms with Gasteiger partial charge in [-0.1, -0.05) is 71.1 Å². The van der Waals surface area contributed by atoms with E-state index in [4.69, 9.17) is 15.3 Å². The van der Waals surface area contributed by atoms with E-state index in [0.29, 0.717) is 6.42 Å². The first-order chi connectivity index (χ1) is 11.8. The molecule has 9 nitrogen and oxygen atoms in total. The number of aliphatic hydroxyl groups is 9. The molecule has 0 saturated heterocycles. The molecule has 0 amide bonds. The minimum Gasteiger partial charge on any atom is -0.361 e. The summed E-state index contributed by atoms with van der Waals surface area (Å²) in [5, 5.41) is 83.3. The van der Waals surface area contributed by atoms with Gasteiger partial charge in [-0.25, -0.2) is 0 Å². The maximum absolute atomic E-state index is 9.69. The summed E-state index contributed by atoms with van der Waals surface area (Å²) in [5.74, 6) is -16.5. The molecule has 0 aromatic carbocycles. The molecule has 0 spiro atoms. The van der Waals surface area contributed by atoms with E-state index in [-0.39, 0.29) is 6.42 Å². The van der Waals surface area contributed by atoms with E-state index in [2.05, 4.69) is 6.92 Å². The molecule has 26 heavy (non-hydrogen) atoms. The van der Waals surface area contributed by atoms with Crippen LogP contribution >= 0.6 is 0 Å². The highest BCUT2D eigenvalue weighted by Crippen LogP contribution is 2.36. The summed E-state index contributed by atoms with van der Waals surface area (Å²) in [4.78, 5) is 0. The van der Waals surface area contributed by atoms with Crippen molar-refractivity contribution in [2.24, 2.45) is 0 Å². The Morgan fingerprint density at radius 3 is 1.15 bits per heavy atom. The molecule has 0 aliphatic carbocycles. The third kappa shape index (κ3) is 7.34. The second kappa shape index (κ2) is 10.8. The van der Waals surface area contributed by atoms with Crippen LogP contribution in [0.15, 0.2) is 0 Å². The monoisotopic (exact) mass is 384 g/mol. The van der Waals surface area contributed by atoms with Crippen LogP contribution in [-0.4, -0.2) is 69.3 Å². The van der Waals surface area contributed by atoms with Gasteiger partial charge in [0.1, 0.15) is 0 Å². The standard InChI is InChI=1S/C17H36O9/c1-2-3-4-5-6-7-8-9-10-11-12-13-14(18,19)15(20,21)16(22,23)17(24,25)26/h18-26H,2-13H2,1H3. The maximum Gasteiger partial charge on any atom is 0.338 e. The average Bonchev–Trinajstić information content (AvgIpc) is 2.51. The molecule has 0 aliphatic rings. The van der Waals surface area contributed by atoms with Gasteiger partial charge in [-0.2, -0.15) is 0 Å². The quantitative estimate of drug-likeness (QED) is 0.131. The predicted octanol–water partition coefficient (Wildman–Crippen LogP) is -0.639. The highest BCUT2D eigenvalue weighted by atomic mass is 16.8. The van der Waals surface area contributed by atoms with E-state index in [1.165, 1.54) is 32.1 Å². The van der Waals surface area contributed by atoms with Crippen molar-refractivity contribution in [3.05, 3.63) is 0 Å². The van der Waals surface area contributed by atoms with Crippen molar-refractivity contribution < 1.29 is 46.0 Å². The lowest BCUT2D eigenvalue weighted by atomic mass is 9.90. The highest BCUT2D eigenvalue weighted by molar-refractivity contribution is 4.96. The molecule has 0 aromatic rings. The van der Waals surface area contributed by atoms with Gasteiger partial charge in [0.15, 0.2) is 0 Å². The first-order valence-electron chi connectivity index (χ1n) is 9.32. The van der Waals surface area contributed by atoms with E-state index in [1.54, 1.807) is 0 Å². The zero-order valence-corrected chi connectivity index (χ0v) is 15.5. The molecule has 0 aromatic heterocycles. The van der Waals surface area contributed by atoms with Crippen LogP contribution in [0.2, 0.25) is 0 Å². The molecule has 0 rings (SSSR count). The first-order valence-corrected chi connectivity index (χ1v) is 9.32. The molecule has 0 radical (unpaired) electrons. The molecule has 0 fully saturated rings. The van der Waals surface area contributed by atoms with Crippen molar-refractivity contribution in [2.45, 2.75) is 107 Å². The van der Waals surface area contributed by atoms with Crippen LogP contribution in [0, 0.1) is 0 Å². The zero-order chi connectivity index (χ0) is 20.5. The lowest BCUT2D eigenvalue weighted by Gasteiger charge is -2.45. The SMILES string of the molecule is CCCCCCCCCCCCCC(O)(O)C(O)(O)C(O)(O)C(O)(O)O. The second-order valence-corrected chi connectivity index (χ2v) is 7.08. The first kappa shape index (κ1) is 25.6. The number of rotatable bonds is 15. The van der Waals surface area contributed by atoms with Crippen molar-refractivity contribution in [2.75, 3.05) is 0 Å². The fourth-order valence-electron chi connectivity index (χ4n) is 2.72. The molecule has 9 heteroatoms. The summed E-state index contributed by atoms with van der Waals surface area (Å²) >= 11 is 0. The van der Waals surface area contributed by atoms with Crippen LogP contribution < -0.4 is 0 Å². The van der Waals surface area contributed by atoms with Crippen LogP contribution in [0.5, 0.6) is 0 Å². The molecule has 0 saturated carbocycles. The fourth-order valence-corrected chi connectivity index (χ4v) is 2.72. The predicted molar refractivity (Wildman–Crippen MR) is 92.0 cm³/mol. The number of hydrogen-bond acceptors (Lipinski definition) is 9. The Kier molecular flexibility index (Phi) is 10.7. The van der Waals surface area contributed by atoms with Crippen LogP contribution in [-0.2, 0) is 0 Å². The van der Waals surface area contributed by atoms with E-state index < -0.39 is 29.8 Å². The van der Waals surface area contributed by atoms with E-state index in [0.717, 1.165) is 25.7 Å². The molecule has 0 aliphatic heterocycles. The molecular formula is C17H36O9. The van der Waals surface area contributed by atoms with E-state index in [9.17, 15) is 30.6 Å². The lowest BCUT2D eigenvalue weighted by Crippen LogP contribution is -2.76. The molecule has 0 heterocycles. The summed E-state index contributed by atoms with van der Waals surface area (Å²) in [7, 11) is 0. The van der Waals surface area contributed by atoms with Crippen molar-refractivity contribution in [1.29, 1.82) is 0 Å². The lowest BCUT2D eigenvalue weighted by molar-refractivity contribution is -0.544. The van der Waals surface area contributed by atoms with Crippen LogP contribution in [0.3, 0.4) is 0 Å². The molecule has 0 bridgehead atoms. The Bertz CT molecular complexity index is 375. The topological polar surface area (TPSA) is 182 Å². The zero-order valence-electron chi connectivity index (χ0n) is 15.5. The van der Waals surface area contributed by atoms with Gasteiger partial charge in [0.2, 0.25) is 5.79 Å². The molecule has 0 unspecified atom stereocenters. The Hall–Kier alpha value is -0.360. The van der Waals surface area contributed by atoms with Gasteiger partial charge in [-0.05, 0) is 6.42 Å². The van der Waals surface area contributed by atoms with Gasteiger partial charge in [-0.3, -0.25) is 0 Å². The maximum atomic E-state index is 9.69. The highest BCUT2D eigenvalue weighted by Gasteiger charge is 2.70. The fraction of sp³-hybridized carbons (Fsp3) is 1.00. The molecule has 9 N–H and O–H groups in total. The Balaban J connectivity index is 4.11. The van der Waals surface area contributed by atoms with E-state index >= 15 is 0 Å². The number of hydrogen-bond donors (Lipinski definition) is 9. The third-order valence-corrected chi connectivity index (χ3v) is 4.64. The molecule has 0 atom stereocenters. The Morgan fingerprint density at radius 2 is 0.808 bits per heavy atom. The molecule has 158 valence electrons. The normalized spacial score (nSPS) is 14.1. The minimum atomic E-state index is -4.42. The minimum absolute atomic E-state index is 0.109.